The number of benzene rings is 2. The van der Waals surface area contributed by atoms with Crippen LogP contribution in [0.25, 0.3) is 0 Å². The van der Waals surface area contributed by atoms with E-state index in [0.717, 1.165) is 11.6 Å². The second-order valence-electron chi connectivity index (χ2n) is 7.05. The molecule has 0 heterocycles. The zero-order chi connectivity index (χ0) is 19.8. The Labute approximate surface area is 163 Å². The predicted octanol–water partition coefficient (Wildman–Crippen LogP) is 4.82. The van der Waals surface area contributed by atoms with Crippen LogP contribution in [0.2, 0.25) is 5.02 Å². The monoisotopic (exact) mass is 409 g/mol. The number of carbonyl (C=O) groups excluding carboxylic acids is 1. The minimum Gasteiger partial charge on any atom is -0.322 e. The number of amides is 1. The summed E-state index contributed by atoms with van der Waals surface area (Å²) in [5.41, 5.74) is 1.28. The molecule has 3 rings (SSSR count). The molecule has 1 saturated carbocycles. The SMILES string of the molecule is Cc1ccc(C)c(S(=O)(=O)C2(C(=O)Nc3cc(Cl)ccc3F)CCCC2)c1. The molecule has 0 bridgehead atoms. The highest BCUT2D eigenvalue weighted by Crippen LogP contribution is 2.42. The average molecular weight is 410 g/mol. The number of nitrogens with one attached hydrogen (secondary N) is 1. The Morgan fingerprint density at radius 3 is 2.44 bits per heavy atom. The van der Waals surface area contributed by atoms with Gasteiger partial charge in [-0.3, -0.25) is 4.79 Å². The van der Waals surface area contributed by atoms with Gasteiger partial charge < -0.3 is 5.32 Å². The topological polar surface area (TPSA) is 63.2 Å². The molecule has 0 unspecified atom stereocenters. The lowest BCUT2D eigenvalue weighted by Gasteiger charge is -2.28. The standard InChI is InChI=1S/C20H21ClFNO3S/c1-13-5-6-14(2)18(11-13)27(25,26)20(9-3-4-10-20)19(24)23-17-12-15(21)7-8-16(17)22/h5-8,11-12H,3-4,9-10H2,1-2H3,(H,23,24). The van der Waals surface area contributed by atoms with Crippen LogP contribution in [0.5, 0.6) is 0 Å². The number of halogens is 2. The highest BCUT2D eigenvalue weighted by molar-refractivity contribution is 7.93. The molecule has 1 fully saturated rings. The Kier molecular flexibility index (Phi) is 5.32. The maximum absolute atomic E-state index is 14.1. The summed E-state index contributed by atoms with van der Waals surface area (Å²) in [6.07, 6.45) is 1.65. The van der Waals surface area contributed by atoms with Crippen LogP contribution in [-0.4, -0.2) is 19.1 Å². The van der Waals surface area contributed by atoms with Gasteiger partial charge >= 0.3 is 0 Å². The number of carbonyl (C=O) groups is 1. The molecule has 0 aromatic heterocycles. The van der Waals surface area contributed by atoms with E-state index in [1.54, 1.807) is 26.0 Å². The van der Waals surface area contributed by atoms with Crippen LogP contribution < -0.4 is 5.32 Å². The van der Waals surface area contributed by atoms with E-state index in [9.17, 15) is 17.6 Å². The normalized spacial score (nSPS) is 16.3. The Morgan fingerprint density at radius 2 is 1.78 bits per heavy atom. The fourth-order valence-electron chi connectivity index (χ4n) is 3.60. The first kappa shape index (κ1) is 19.8. The molecule has 27 heavy (non-hydrogen) atoms. The van der Waals surface area contributed by atoms with Gasteiger partial charge in [-0.1, -0.05) is 36.6 Å². The molecular formula is C20H21ClFNO3S. The van der Waals surface area contributed by atoms with Gasteiger partial charge in [-0.05, 0) is 62.1 Å². The third-order valence-corrected chi connectivity index (χ3v) is 8.03. The third kappa shape index (κ3) is 3.48. The lowest BCUT2D eigenvalue weighted by Crippen LogP contribution is -2.47. The summed E-state index contributed by atoms with van der Waals surface area (Å²) in [6, 6.07) is 8.94. The zero-order valence-corrected chi connectivity index (χ0v) is 16.8. The van der Waals surface area contributed by atoms with E-state index in [1.165, 1.54) is 12.1 Å². The van der Waals surface area contributed by atoms with Gasteiger partial charge in [-0.2, -0.15) is 0 Å². The second kappa shape index (κ2) is 7.24. The number of anilines is 1. The highest BCUT2D eigenvalue weighted by Gasteiger charge is 2.53. The van der Waals surface area contributed by atoms with Crippen LogP contribution >= 0.6 is 11.6 Å². The van der Waals surface area contributed by atoms with Crippen molar-refractivity contribution in [2.45, 2.75) is 49.2 Å². The van der Waals surface area contributed by atoms with Gasteiger partial charge in [0.25, 0.3) is 0 Å². The Bertz CT molecular complexity index is 998. The molecular weight excluding hydrogens is 389 g/mol. The minimum atomic E-state index is -3.96. The quantitative estimate of drug-likeness (QED) is 0.787. The predicted molar refractivity (Wildman–Crippen MR) is 104 cm³/mol. The zero-order valence-electron chi connectivity index (χ0n) is 15.2. The molecule has 1 aliphatic rings. The van der Waals surface area contributed by atoms with Crippen molar-refractivity contribution in [3.05, 3.63) is 58.4 Å². The maximum Gasteiger partial charge on any atom is 0.246 e. The van der Waals surface area contributed by atoms with Crippen LogP contribution in [0.4, 0.5) is 10.1 Å². The van der Waals surface area contributed by atoms with Crippen molar-refractivity contribution in [3.63, 3.8) is 0 Å². The van der Waals surface area contributed by atoms with E-state index in [2.05, 4.69) is 5.32 Å². The summed E-state index contributed by atoms with van der Waals surface area (Å²) < 4.78 is 39.5. The fourth-order valence-corrected chi connectivity index (χ4v) is 6.15. The molecule has 0 atom stereocenters. The van der Waals surface area contributed by atoms with E-state index >= 15 is 0 Å². The molecule has 0 saturated heterocycles. The van der Waals surface area contributed by atoms with Crippen molar-refractivity contribution >= 4 is 33.0 Å². The minimum absolute atomic E-state index is 0.116. The van der Waals surface area contributed by atoms with Crippen LogP contribution in [0.1, 0.15) is 36.8 Å². The summed E-state index contributed by atoms with van der Waals surface area (Å²) in [4.78, 5) is 13.3. The molecule has 2 aromatic carbocycles. The smallest absolute Gasteiger partial charge is 0.246 e. The molecule has 7 heteroatoms. The first-order valence-electron chi connectivity index (χ1n) is 8.76. The Morgan fingerprint density at radius 1 is 1.11 bits per heavy atom. The van der Waals surface area contributed by atoms with E-state index in [1.807, 2.05) is 6.07 Å². The van der Waals surface area contributed by atoms with Gasteiger partial charge in [0, 0.05) is 5.02 Å². The molecule has 1 N–H and O–H groups in total. The van der Waals surface area contributed by atoms with Crippen LogP contribution in [0.3, 0.4) is 0 Å². The number of rotatable bonds is 4. The highest BCUT2D eigenvalue weighted by atomic mass is 35.5. The molecule has 144 valence electrons. The van der Waals surface area contributed by atoms with Crippen LogP contribution in [0, 0.1) is 19.7 Å². The van der Waals surface area contributed by atoms with Crippen molar-refractivity contribution in [3.8, 4) is 0 Å². The maximum atomic E-state index is 14.1. The Hall–Kier alpha value is -1.92. The second-order valence-corrected chi connectivity index (χ2v) is 9.72. The number of sulfone groups is 1. The summed E-state index contributed by atoms with van der Waals surface area (Å²) >= 11 is 5.88. The van der Waals surface area contributed by atoms with Gasteiger partial charge in [0.05, 0.1) is 10.6 Å². The van der Waals surface area contributed by atoms with Gasteiger partial charge in [-0.15, -0.1) is 0 Å². The van der Waals surface area contributed by atoms with Gasteiger partial charge in [0.15, 0.2) is 14.6 Å². The van der Waals surface area contributed by atoms with Gasteiger partial charge in [-0.25, -0.2) is 12.8 Å². The number of aryl methyl sites for hydroxylation is 2. The number of hydrogen-bond acceptors (Lipinski definition) is 3. The number of hydrogen-bond donors (Lipinski definition) is 1. The largest absolute Gasteiger partial charge is 0.322 e. The van der Waals surface area contributed by atoms with Crippen molar-refractivity contribution in [2.75, 3.05) is 5.32 Å². The summed E-state index contributed by atoms with van der Waals surface area (Å²) in [5.74, 6) is -1.37. The van der Waals surface area contributed by atoms with Crippen molar-refractivity contribution in [1.29, 1.82) is 0 Å². The molecule has 1 aliphatic carbocycles. The molecule has 0 radical (unpaired) electrons. The summed E-state index contributed by atoms with van der Waals surface area (Å²) in [7, 11) is -3.96. The molecule has 1 amide bonds. The van der Waals surface area contributed by atoms with E-state index in [0.29, 0.717) is 18.4 Å². The van der Waals surface area contributed by atoms with Crippen LogP contribution in [0.15, 0.2) is 41.3 Å². The fraction of sp³-hybridized carbons (Fsp3) is 0.350. The Balaban J connectivity index is 2.06. The van der Waals surface area contributed by atoms with Crippen LogP contribution in [-0.2, 0) is 14.6 Å². The van der Waals surface area contributed by atoms with Crippen molar-refractivity contribution in [2.24, 2.45) is 0 Å². The average Bonchev–Trinajstić information content (AvgIpc) is 3.12. The van der Waals surface area contributed by atoms with Crippen molar-refractivity contribution < 1.29 is 17.6 Å². The first-order chi connectivity index (χ1) is 12.7. The third-order valence-electron chi connectivity index (χ3n) is 5.15. The first-order valence-corrected chi connectivity index (χ1v) is 10.6. The lowest BCUT2D eigenvalue weighted by molar-refractivity contribution is -0.118. The molecule has 0 aliphatic heterocycles. The van der Waals surface area contributed by atoms with Gasteiger partial charge in [0.2, 0.25) is 5.91 Å². The van der Waals surface area contributed by atoms with E-state index in [4.69, 9.17) is 11.6 Å². The van der Waals surface area contributed by atoms with E-state index in [-0.39, 0.29) is 28.4 Å². The molecule has 2 aromatic rings. The summed E-state index contributed by atoms with van der Waals surface area (Å²) in [6.45, 7) is 3.52. The lowest BCUT2D eigenvalue weighted by atomic mass is 10.1. The molecule has 4 nitrogen and oxygen atoms in total. The van der Waals surface area contributed by atoms with E-state index < -0.39 is 26.3 Å². The van der Waals surface area contributed by atoms with Crippen molar-refractivity contribution in [1.82, 2.24) is 0 Å². The summed E-state index contributed by atoms with van der Waals surface area (Å²) in [5, 5.41) is 2.72. The molecule has 0 spiro atoms. The van der Waals surface area contributed by atoms with Gasteiger partial charge in [0.1, 0.15) is 5.82 Å².